The first-order chi connectivity index (χ1) is 12.3. The van der Waals surface area contributed by atoms with Crippen molar-refractivity contribution in [3.8, 4) is 0 Å². The van der Waals surface area contributed by atoms with Crippen LogP contribution in [0.5, 0.6) is 0 Å². The minimum Gasteiger partial charge on any atom is -0.444 e. The van der Waals surface area contributed by atoms with Gasteiger partial charge < -0.3 is 19.3 Å². The van der Waals surface area contributed by atoms with E-state index in [-0.39, 0.29) is 24.0 Å². The van der Waals surface area contributed by atoms with Gasteiger partial charge in [0.25, 0.3) is 0 Å². The van der Waals surface area contributed by atoms with E-state index in [2.05, 4.69) is 0 Å². The van der Waals surface area contributed by atoms with Crippen LogP contribution in [-0.4, -0.2) is 54.8 Å². The highest BCUT2D eigenvalue weighted by Gasteiger charge is 2.36. The van der Waals surface area contributed by atoms with E-state index in [1.165, 1.54) is 0 Å². The van der Waals surface area contributed by atoms with E-state index >= 15 is 0 Å². The van der Waals surface area contributed by atoms with Crippen molar-refractivity contribution in [2.24, 2.45) is 5.92 Å². The first kappa shape index (κ1) is 18.7. The highest BCUT2D eigenvalue weighted by molar-refractivity contribution is 5.96. The number of anilines is 1. The van der Waals surface area contributed by atoms with Crippen LogP contribution in [0.1, 0.15) is 33.6 Å². The maximum Gasteiger partial charge on any atom is 0.410 e. The van der Waals surface area contributed by atoms with E-state index in [1.54, 1.807) is 9.80 Å². The fourth-order valence-electron chi connectivity index (χ4n) is 3.01. The van der Waals surface area contributed by atoms with Gasteiger partial charge in [-0.2, -0.15) is 0 Å². The molecule has 3 rings (SSSR count). The normalized spacial score (nSPS) is 20.6. The number of benzene rings is 1. The van der Waals surface area contributed by atoms with Crippen LogP contribution in [0.25, 0.3) is 0 Å². The summed E-state index contributed by atoms with van der Waals surface area (Å²) < 4.78 is 11.3. The van der Waals surface area contributed by atoms with Crippen molar-refractivity contribution in [2.45, 2.75) is 45.3 Å². The van der Waals surface area contributed by atoms with Gasteiger partial charge in [0.15, 0.2) is 0 Å². The molecule has 1 aliphatic carbocycles. The van der Waals surface area contributed by atoms with Gasteiger partial charge in [-0.05, 0) is 45.7 Å². The van der Waals surface area contributed by atoms with E-state index in [1.807, 2.05) is 51.1 Å². The first-order valence-corrected chi connectivity index (χ1v) is 9.29. The number of carbonyl (C=O) groups is 2. The number of hydrogen-bond acceptors (Lipinski definition) is 4. The molecule has 142 valence electrons. The van der Waals surface area contributed by atoms with Gasteiger partial charge in [0.05, 0.1) is 25.8 Å². The Balaban J connectivity index is 1.66. The standard InChI is InChI=1S/C20H28N2O4/c1-20(2,3)26-19(24)21-11-12-25-17(13-21)14-22(18(23)15-9-10-15)16-7-5-4-6-8-16/h4-8,15,17H,9-14H2,1-3H3. The van der Waals surface area contributed by atoms with Gasteiger partial charge in [-0.3, -0.25) is 4.79 Å². The number of ether oxygens (including phenoxy) is 2. The average molecular weight is 360 g/mol. The van der Waals surface area contributed by atoms with Crippen molar-refractivity contribution in [3.05, 3.63) is 30.3 Å². The van der Waals surface area contributed by atoms with Crippen molar-refractivity contribution in [3.63, 3.8) is 0 Å². The van der Waals surface area contributed by atoms with Gasteiger partial charge in [0.2, 0.25) is 5.91 Å². The Morgan fingerprint density at radius 2 is 1.92 bits per heavy atom. The van der Waals surface area contributed by atoms with E-state index in [9.17, 15) is 9.59 Å². The molecule has 1 aromatic rings. The zero-order valence-corrected chi connectivity index (χ0v) is 15.8. The van der Waals surface area contributed by atoms with E-state index in [4.69, 9.17) is 9.47 Å². The predicted octanol–water partition coefficient (Wildman–Crippen LogP) is 3.07. The molecule has 0 aromatic heterocycles. The summed E-state index contributed by atoms with van der Waals surface area (Å²) in [4.78, 5) is 28.6. The van der Waals surface area contributed by atoms with Crippen LogP contribution in [-0.2, 0) is 14.3 Å². The molecule has 0 spiro atoms. The number of nitrogens with zero attached hydrogens (tertiary/aromatic N) is 2. The van der Waals surface area contributed by atoms with Crippen LogP contribution in [0.4, 0.5) is 10.5 Å². The Bertz CT molecular complexity index is 637. The summed E-state index contributed by atoms with van der Waals surface area (Å²) in [6.45, 7) is 7.39. The summed E-state index contributed by atoms with van der Waals surface area (Å²) in [6.07, 6.45) is 1.36. The summed E-state index contributed by atoms with van der Waals surface area (Å²) in [5.41, 5.74) is 0.352. The Hall–Kier alpha value is -2.08. The van der Waals surface area contributed by atoms with Crippen molar-refractivity contribution < 1.29 is 19.1 Å². The lowest BCUT2D eigenvalue weighted by Crippen LogP contribution is -2.51. The molecule has 1 heterocycles. The molecule has 1 unspecified atom stereocenters. The molecule has 1 aromatic carbocycles. The lowest BCUT2D eigenvalue weighted by atomic mass is 10.2. The number of morpholine rings is 1. The molecule has 2 fully saturated rings. The lowest BCUT2D eigenvalue weighted by Gasteiger charge is -2.36. The molecule has 6 nitrogen and oxygen atoms in total. The Morgan fingerprint density at radius 3 is 2.54 bits per heavy atom. The highest BCUT2D eigenvalue weighted by Crippen LogP contribution is 2.33. The Morgan fingerprint density at radius 1 is 1.23 bits per heavy atom. The molecule has 0 radical (unpaired) electrons. The van der Waals surface area contributed by atoms with Crippen molar-refractivity contribution >= 4 is 17.7 Å². The summed E-state index contributed by atoms with van der Waals surface area (Å²) in [5, 5.41) is 0. The summed E-state index contributed by atoms with van der Waals surface area (Å²) in [6, 6.07) is 9.67. The van der Waals surface area contributed by atoms with E-state index in [0.29, 0.717) is 26.2 Å². The zero-order chi connectivity index (χ0) is 18.7. The number of para-hydroxylation sites is 1. The maximum atomic E-state index is 12.7. The van der Waals surface area contributed by atoms with Crippen molar-refractivity contribution in [1.29, 1.82) is 0 Å². The molecule has 1 saturated heterocycles. The largest absolute Gasteiger partial charge is 0.444 e. The number of carbonyl (C=O) groups excluding carboxylic acids is 2. The second-order valence-corrected chi connectivity index (χ2v) is 7.98. The highest BCUT2D eigenvalue weighted by atomic mass is 16.6. The third kappa shape index (κ3) is 4.97. The quantitative estimate of drug-likeness (QED) is 0.828. The molecular formula is C20H28N2O4. The van der Waals surface area contributed by atoms with Crippen molar-refractivity contribution in [1.82, 2.24) is 4.90 Å². The number of amides is 2. The molecule has 0 bridgehead atoms. The van der Waals surface area contributed by atoms with Gasteiger partial charge in [-0.1, -0.05) is 18.2 Å². The van der Waals surface area contributed by atoms with Gasteiger partial charge in [0.1, 0.15) is 5.60 Å². The first-order valence-electron chi connectivity index (χ1n) is 9.29. The van der Waals surface area contributed by atoms with Crippen LogP contribution in [0, 0.1) is 5.92 Å². The van der Waals surface area contributed by atoms with E-state index < -0.39 is 5.60 Å². The van der Waals surface area contributed by atoms with Gasteiger partial charge in [-0.15, -0.1) is 0 Å². The minimum atomic E-state index is -0.525. The molecule has 26 heavy (non-hydrogen) atoms. The van der Waals surface area contributed by atoms with Crippen molar-refractivity contribution in [2.75, 3.05) is 31.1 Å². The van der Waals surface area contributed by atoms with Crippen LogP contribution >= 0.6 is 0 Å². The summed E-state index contributed by atoms with van der Waals surface area (Å²) in [5.74, 6) is 0.273. The zero-order valence-electron chi connectivity index (χ0n) is 15.8. The SMILES string of the molecule is CC(C)(C)OC(=O)N1CCOC(CN(C(=O)C2CC2)c2ccccc2)C1. The summed E-state index contributed by atoms with van der Waals surface area (Å²) in [7, 11) is 0. The Kier molecular flexibility index (Phi) is 5.51. The van der Waals surface area contributed by atoms with Crippen LogP contribution in [0.15, 0.2) is 30.3 Å². The number of hydrogen-bond donors (Lipinski definition) is 0. The fourth-order valence-corrected chi connectivity index (χ4v) is 3.01. The molecule has 2 aliphatic rings. The molecule has 1 aliphatic heterocycles. The second kappa shape index (κ2) is 7.66. The molecule has 6 heteroatoms. The smallest absolute Gasteiger partial charge is 0.410 e. The molecule has 1 atom stereocenters. The van der Waals surface area contributed by atoms with Gasteiger partial charge in [-0.25, -0.2) is 4.79 Å². The molecule has 1 saturated carbocycles. The van der Waals surface area contributed by atoms with Crippen LogP contribution < -0.4 is 4.90 Å². The third-order valence-corrected chi connectivity index (χ3v) is 4.44. The number of rotatable bonds is 4. The molecular weight excluding hydrogens is 332 g/mol. The second-order valence-electron chi connectivity index (χ2n) is 7.98. The van der Waals surface area contributed by atoms with Crippen LogP contribution in [0.3, 0.4) is 0 Å². The minimum absolute atomic E-state index is 0.126. The topological polar surface area (TPSA) is 59.1 Å². The lowest BCUT2D eigenvalue weighted by molar-refractivity contribution is -0.120. The van der Waals surface area contributed by atoms with E-state index in [0.717, 1.165) is 18.5 Å². The Labute approximate surface area is 155 Å². The molecule has 2 amide bonds. The van der Waals surface area contributed by atoms with Gasteiger partial charge in [0, 0.05) is 18.2 Å². The average Bonchev–Trinajstić information content (AvgIpc) is 3.44. The van der Waals surface area contributed by atoms with Gasteiger partial charge >= 0.3 is 6.09 Å². The molecule has 0 N–H and O–H groups in total. The third-order valence-electron chi connectivity index (χ3n) is 4.44. The maximum absolute atomic E-state index is 12.7. The predicted molar refractivity (Wildman–Crippen MR) is 99.1 cm³/mol. The summed E-state index contributed by atoms with van der Waals surface area (Å²) >= 11 is 0. The monoisotopic (exact) mass is 360 g/mol. The van der Waals surface area contributed by atoms with Crippen LogP contribution in [0.2, 0.25) is 0 Å². The fraction of sp³-hybridized carbons (Fsp3) is 0.600.